The van der Waals surface area contributed by atoms with Gasteiger partial charge >= 0.3 is 5.97 Å². The molecule has 84 valence electrons. The lowest BCUT2D eigenvalue weighted by Crippen LogP contribution is -2.01. The quantitative estimate of drug-likeness (QED) is 0.875. The molecule has 4 nitrogen and oxygen atoms in total. The van der Waals surface area contributed by atoms with Crippen LogP contribution in [0.5, 0.6) is 0 Å². The summed E-state index contributed by atoms with van der Waals surface area (Å²) in [5.74, 6) is -0.963. The molecule has 0 atom stereocenters. The number of hydrogen-bond donors (Lipinski definition) is 1. The molecular weight excluding hydrogens is 228 g/mol. The summed E-state index contributed by atoms with van der Waals surface area (Å²) in [7, 11) is 0. The van der Waals surface area contributed by atoms with Crippen LogP contribution in [-0.4, -0.2) is 20.9 Å². The number of aromatic nitrogens is 2. The predicted molar refractivity (Wildman–Crippen MR) is 62.1 cm³/mol. The van der Waals surface area contributed by atoms with E-state index in [9.17, 15) is 4.79 Å². The Morgan fingerprint density at radius 2 is 2.19 bits per heavy atom. The Hall–Kier alpha value is -1.55. The number of aromatic carboxylic acids is 1. The van der Waals surface area contributed by atoms with E-state index in [4.69, 9.17) is 16.7 Å². The minimum absolute atomic E-state index is 0.146. The molecule has 1 N–H and O–H groups in total. The van der Waals surface area contributed by atoms with Crippen LogP contribution in [0.1, 0.15) is 30.2 Å². The molecular formula is C11H11ClN2O2. The van der Waals surface area contributed by atoms with Gasteiger partial charge in [-0.2, -0.15) is 5.10 Å². The molecule has 2 aromatic rings. The minimum atomic E-state index is -0.963. The van der Waals surface area contributed by atoms with Crippen molar-refractivity contribution in [2.45, 2.75) is 19.9 Å². The van der Waals surface area contributed by atoms with Crippen molar-refractivity contribution in [3.63, 3.8) is 0 Å². The summed E-state index contributed by atoms with van der Waals surface area (Å²) in [6, 6.07) is 4.89. The second-order valence-corrected chi connectivity index (χ2v) is 4.22. The maximum absolute atomic E-state index is 10.8. The number of carboxylic acid groups (broad SMARTS) is 1. The first-order chi connectivity index (χ1) is 7.50. The highest BCUT2D eigenvalue weighted by atomic mass is 35.5. The molecule has 0 bridgehead atoms. The van der Waals surface area contributed by atoms with E-state index in [1.54, 1.807) is 16.8 Å². The average molecular weight is 239 g/mol. The third kappa shape index (κ3) is 1.65. The molecule has 5 heteroatoms. The molecule has 0 radical (unpaired) electrons. The van der Waals surface area contributed by atoms with Gasteiger partial charge in [0.2, 0.25) is 0 Å². The number of rotatable bonds is 2. The molecule has 0 spiro atoms. The molecule has 0 amide bonds. The minimum Gasteiger partial charge on any atom is -0.478 e. The molecule has 0 fully saturated rings. The van der Waals surface area contributed by atoms with Gasteiger partial charge in [0.05, 0.1) is 11.1 Å². The number of hydrogen-bond acceptors (Lipinski definition) is 2. The summed E-state index contributed by atoms with van der Waals surface area (Å²) >= 11 is 6.14. The fourth-order valence-electron chi connectivity index (χ4n) is 1.55. The highest BCUT2D eigenvalue weighted by Gasteiger charge is 2.13. The fraction of sp³-hybridized carbons (Fsp3) is 0.273. The van der Waals surface area contributed by atoms with E-state index in [2.05, 4.69) is 5.10 Å². The lowest BCUT2D eigenvalue weighted by molar-refractivity contribution is 0.0697. The number of carbonyl (C=O) groups is 1. The van der Waals surface area contributed by atoms with Crippen LogP contribution >= 0.6 is 11.6 Å². The summed E-state index contributed by atoms with van der Waals surface area (Å²) in [6.45, 7) is 3.94. The Bertz CT molecular complexity index is 560. The normalized spacial score (nSPS) is 11.2. The Morgan fingerprint density at radius 3 is 2.75 bits per heavy atom. The first-order valence-corrected chi connectivity index (χ1v) is 5.29. The van der Waals surface area contributed by atoms with Gasteiger partial charge in [-0.15, -0.1) is 0 Å². The van der Waals surface area contributed by atoms with Crippen molar-refractivity contribution in [1.82, 2.24) is 9.78 Å². The lowest BCUT2D eigenvalue weighted by Gasteiger charge is -2.05. The molecule has 1 aromatic heterocycles. The summed E-state index contributed by atoms with van der Waals surface area (Å²) in [5.41, 5.74) is 0.932. The summed E-state index contributed by atoms with van der Waals surface area (Å²) in [6.07, 6.45) is 0. The second kappa shape index (κ2) is 3.79. The summed E-state index contributed by atoms with van der Waals surface area (Å²) in [4.78, 5) is 10.8. The van der Waals surface area contributed by atoms with E-state index in [1.807, 2.05) is 13.8 Å². The van der Waals surface area contributed by atoms with Gasteiger partial charge in [-0.05, 0) is 32.0 Å². The van der Waals surface area contributed by atoms with Crippen LogP contribution in [-0.2, 0) is 0 Å². The fourth-order valence-corrected chi connectivity index (χ4v) is 1.93. The highest BCUT2D eigenvalue weighted by Crippen LogP contribution is 2.26. The second-order valence-electron chi connectivity index (χ2n) is 3.87. The molecule has 0 aliphatic rings. The number of fused-ring (bicyclic) bond motifs is 1. The van der Waals surface area contributed by atoms with Gasteiger partial charge in [-0.1, -0.05) is 11.6 Å². The van der Waals surface area contributed by atoms with Crippen molar-refractivity contribution >= 4 is 28.5 Å². The van der Waals surface area contributed by atoms with Crippen molar-refractivity contribution in [3.05, 3.63) is 28.9 Å². The van der Waals surface area contributed by atoms with Crippen LogP contribution in [0, 0.1) is 0 Å². The van der Waals surface area contributed by atoms with Gasteiger partial charge in [0, 0.05) is 11.4 Å². The summed E-state index contributed by atoms with van der Waals surface area (Å²) < 4.78 is 1.68. The van der Waals surface area contributed by atoms with Crippen LogP contribution in [0.3, 0.4) is 0 Å². The standard InChI is InChI=1S/C11H11ClN2O2/c1-6(2)14-10(12)8-5-7(11(15)16)3-4-9(8)13-14/h3-6H,1-2H3,(H,15,16). The van der Waals surface area contributed by atoms with Gasteiger partial charge in [-0.25, -0.2) is 4.79 Å². The molecule has 1 heterocycles. The zero-order valence-electron chi connectivity index (χ0n) is 8.94. The van der Waals surface area contributed by atoms with Crippen molar-refractivity contribution < 1.29 is 9.90 Å². The molecule has 1 aromatic carbocycles. The third-order valence-electron chi connectivity index (χ3n) is 2.37. The maximum atomic E-state index is 10.8. The first kappa shape index (κ1) is 11.0. The summed E-state index contributed by atoms with van der Waals surface area (Å²) in [5, 5.41) is 14.3. The van der Waals surface area contributed by atoms with Crippen LogP contribution in [0.15, 0.2) is 18.2 Å². The first-order valence-electron chi connectivity index (χ1n) is 4.91. The van der Waals surface area contributed by atoms with Crippen molar-refractivity contribution in [2.75, 3.05) is 0 Å². The zero-order chi connectivity index (χ0) is 11.9. The maximum Gasteiger partial charge on any atom is 0.335 e. The van der Waals surface area contributed by atoms with E-state index >= 15 is 0 Å². The molecule has 2 rings (SSSR count). The molecule has 0 aliphatic heterocycles. The van der Waals surface area contributed by atoms with Gasteiger partial charge in [0.25, 0.3) is 0 Å². The molecule has 0 saturated heterocycles. The van der Waals surface area contributed by atoms with Crippen LogP contribution in [0.4, 0.5) is 0 Å². The van der Waals surface area contributed by atoms with E-state index < -0.39 is 5.97 Å². The molecule has 0 aliphatic carbocycles. The van der Waals surface area contributed by atoms with E-state index in [0.717, 1.165) is 0 Å². The largest absolute Gasteiger partial charge is 0.478 e. The lowest BCUT2D eigenvalue weighted by atomic mass is 10.2. The predicted octanol–water partition coefficient (Wildman–Crippen LogP) is 2.97. The Balaban J connectivity index is 2.69. The van der Waals surface area contributed by atoms with E-state index in [1.165, 1.54) is 6.07 Å². The Morgan fingerprint density at radius 1 is 1.50 bits per heavy atom. The molecule has 16 heavy (non-hydrogen) atoms. The van der Waals surface area contributed by atoms with Crippen molar-refractivity contribution in [1.29, 1.82) is 0 Å². The van der Waals surface area contributed by atoms with Crippen molar-refractivity contribution in [2.24, 2.45) is 0 Å². The Labute approximate surface area is 97.4 Å². The van der Waals surface area contributed by atoms with E-state index in [-0.39, 0.29) is 11.6 Å². The van der Waals surface area contributed by atoms with Gasteiger partial charge in [0.15, 0.2) is 0 Å². The SMILES string of the molecule is CC(C)n1nc2ccc(C(=O)O)cc2c1Cl. The van der Waals surface area contributed by atoms with Crippen molar-refractivity contribution in [3.8, 4) is 0 Å². The topological polar surface area (TPSA) is 55.1 Å². The van der Waals surface area contributed by atoms with Crippen LogP contribution in [0.2, 0.25) is 5.15 Å². The number of halogens is 1. The number of nitrogens with zero attached hydrogens (tertiary/aromatic N) is 2. The van der Waals surface area contributed by atoms with Gasteiger partial charge < -0.3 is 5.11 Å². The highest BCUT2D eigenvalue weighted by molar-refractivity contribution is 6.34. The third-order valence-corrected chi connectivity index (χ3v) is 2.75. The average Bonchev–Trinajstić information content (AvgIpc) is 2.56. The van der Waals surface area contributed by atoms with Gasteiger partial charge in [-0.3, -0.25) is 4.68 Å². The zero-order valence-corrected chi connectivity index (χ0v) is 9.69. The van der Waals surface area contributed by atoms with Crippen LogP contribution < -0.4 is 0 Å². The monoisotopic (exact) mass is 238 g/mol. The molecule has 0 unspecified atom stereocenters. The van der Waals surface area contributed by atoms with E-state index in [0.29, 0.717) is 16.1 Å². The smallest absolute Gasteiger partial charge is 0.335 e. The van der Waals surface area contributed by atoms with Gasteiger partial charge in [0.1, 0.15) is 5.15 Å². The van der Waals surface area contributed by atoms with Crippen LogP contribution in [0.25, 0.3) is 10.9 Å². The number of benzene rings is 1. The Kier molecular flexibility index (Phi) is 2.59. The number of carboxylic acids is 1. The molecule has 0 saturated carbocycles.